The molecule has 1 aliphatic heterocycles. The van der Waals surface area contributed by atoms with Crippen molar-refractivity contribution in [2.45, 2.75) is 44.7 Å². The number of hydrogen-bond acceptors (Lipinski definition) is 3. The SMILES string of the molecule is CCCN1CCC(NC(CC#N)c2ccccc2)CC1. The number of nitrogens with one attached hydrogen (secondary N) is 1. The summed E-state index contributed by atoms with van der Waals surface area (Å²) < 4.78 is 0. The van der Waals surface area contributed by atoms with E-state index in [1.807, 2.05) is 18.2 Å². The van der Waals surface area contributed by atoms with E-state index in [-0.39, 0.29) is 6.04 Å². The molecule has 1 saturated heterocycles. The highest BCUT2D eigenvalue weighted by Gasteiger charge is 2.21. The molecule has 0 aliphatic carbocycles. The molecule has 1 atom stereocenters. The van der Waals surface area contributed by atoms with E-state index in [9.17, 15) is 0 Å². The van der Waals surface area contributed by atoms with Crippen LogP contribution in [-0.2, 0) is 0 Å². The van der Waals surface area contributed by atoms with Crippen LogP contribution in [0.1, 0.15) is 44.2 Å². The number of likely N-dealkylation sites (tertiary alicyclic amines) is 1. The Bertz CT molecular complexity index is 416. The van der Waals surface area contributed by atoms with Crippen LogP contribution in [0.25, 0.3) is 0 Å². The van der Waals surface area contributed by atoms with Crippen LogP contribution in [0.2, 0.25) is 0 Å². The van der Waals surface area contributed by atoms with E-state index in [1.165, 1.54) is 44.5 Å². The molecule has 1 aromatic rings. The van der Waals surface area contributed by atoms with E-state index in [2.05, 4.69) is 35.3 Å². The molecule has 3 heteroatoms. The van der Waals surface area contributed by atoms with Crippen molar-refractivity contribution in [2.75, 3.05) is 19.6 Å². The van der Waals surface area contributed by atoms with Crippen molar-refractivity contribution in [3.8, 4) is 6.07 Å². The summed E-state index contributed by atoms with van der Waals surface area (Å²) >= 11 is 0. The maximum absolute atomic E-state index is 9.04. The number of nitrogens with zero attached hydrogens (tertiary/aromatic N) is 2. The van der Waals surface area contributed by atoms with Crippen LogP contribution in [-0.4, -0.2) is 30.6 Å². The van der Waals surface area contributed by atoms with Crippen molar-refractivity contribution < 1.29 is 0 Å². The van der Waals surface area contributed by atoms with Gasteiger partial charge < -0.3 is 10.2 Å². The Morgan fingerprint density at radius 2 is 2.00 bits per heavy atom. The normalized spacial score (nSPS) is 18.6. The molecule has 0 radical (unpaired) electrons. The van der Waals surface area contributed by atoms with Gasteiger partial charge in [0.05, 0.1) is 12.5 Å². The second-order valence-corrected chi connectivity index (χ2v) is 5.61. The summed E-state index contributed by atoms with van der Waals surface area (Å²) in [6.45, 7) is 5.81. The molecule has 1 N–H and O–H groups in total. The number of hydrogen-bond donors (Lipinski definition) is 1. The quantitative estimate of drug-likeness (QED) is 0.864. The van der Waals surface area contributed by atoms with Gasteiger partial charge in [0.1, 0.15) is 0 Å². The van der Waals surface area contributed by atoms with Gasteiger partial charge in [0.15, 0.2) is 0 Å². The molecule has 1 aromatic carbocycles. The van der Waals surface area contributed by atoms with Crippen molar-refractivity contribution in [2.24, 2.45) is 0 Å². The monoisotopic (exact) mass is 271 g/mol. The molecule has 3 nitrogen and oxygen atoms in total. The highest BCUT2D eigenvalue weighted by atomic mass is 15.1. The van der Waals surface area contributed by atoms with Crippen LogP contribution in [0.4, 0.5) is 0 Å². The fourth-order valence-electron chi connectivity index (χ4n) is 2.97. The summed E-state index contributed by atoms with van der Waals surface area (Å²) in [5.74, 6) is 0. The van der Waals surface area contributed by atoms with Crippen LogP contribution < -0.4 is 5.32 Å². The molecule has 1 heterocycles. The molecule has 0 spiro atoms. The zero-order valence-corrected chi connectivity index (χ0v) is 12.4. The van der Waals surface area contributed by atoms with Gasteiger partial charge in [0.25, 0.3) is 0 Å². The predicted molar refractivity (Wildman–Crippen MR) is 82.3 cm³/mol. The fourth-order valence-corrected chi connectivity index (χ4v) is 2.97. The first kappa shape index (κ1) is 15.0. The molecular weight excluding hydrogens is 246 g/mol. The Balaban J connectivity index is 1.89. The number of piperidine rings is 1. The average Bonchev–Trinajstić information content (AvgIpc) is 2.50. The van der Waals surface area contributed by atoms with E-state index in [1.54, 1.807) is 0 Å². The van der Waals surface area contributed by atoms with Crippen molar-refractivity contribution in [1.82, 2.24) is 10.2 Å². The van der Waals surface area contributed by atoms with Crippen LogP contribution in [0.5, 0.6) is 0 Å². The standard InChI is InChI=1S/C17H25N3/c1-2-12-20-13-9-16(10-14-20)19-17(8-11-18)15-6-4-3-5-7-15/h3-7,16-17,19H,2,8-10,12-14H2,1H3. The number of nitriles is 1. The van der Waals surface area contributed by atoms with Crippen molar-refractivity contribution in [3.05, 3.63) is 35.9 Å². The molecular formula is C17H25N3. The molecule has 20 heavy (non-hydrogen) atoms. The first-order chi connectivity index (χ1) is 9.83. The molecule has 108 valence electrons. The Morgan fingerprint density at radius 1 is 1.30 bits per heavy atom. The smallest absolute Gasteiger partial charge is 0.0641 e. The third-order valence-electron chi connectivity index (χ3n) is 4.06. The summed E-state index contributed by atoms with van der Waals surface area (Å²) in [5.41, 5.74) is 1.23. The lowest BCUT2D eigenvalue weighted by atomic mass is 9.99. The lowest BCUT2D eigenvalue weighted by Crippen LogP contribution is -2.43. The van der Waals surface area contributed by atoms with E-state index in [4.69, 9.17) is 5.26 Å². The molecule has 1 unspecified atom stereocenters. The zero-order valence-electron chi connectivity index (χ0n) is 12.4. The molecule has 1 aliphatic rings. The van der Waals surface area contributed by atoms with Gasteiger partial charge in [-0.3, -0.25) is 0 Å². The molecule has 0 bridgehead atoms. The first-order valence-electron chi connectivity index (χ1n) is 7.73. The van der Waals surface area contributed by atoms with Gasteiger partial charge in [-0.25, -0.2) is 0 Å². The molecule has 1 fully saturated rings. The van der Waals surface area contributed by atoms with Crippen molar-refractivity contribution >= 4 is 0 Å². The Kier molecular flexibility index (Phi) is 6.04. The minimum atomic E-state index is 0.170. The van der Waals surface area contributed by atoms with Gasteiger partial charge in [0.2, 0.25) is 0 Å². The van der Waals surface area contributed by atoms with Gasteiger partial charge in [-0.05, 0) is 44.5 Å². The Morgan fingerprint density at radius 3 is 2.60 bits per heavy atom. The van der Waals surface area contributed by atoms with Gasteiger partial charge in [-0.15, -0.1) is 0 Å². The Labute approximate surface area is 122 Å². The van der Waals surface area contributed by atoms with E-state index < -0.39 is 0 Å². The lowest BCUT2D eigenvalue weighted by Gasteiger charge is -2.34. The minimum absolute atomic E-state index is 0.170. The largest absolute Gasteiger partial charge is 0.306 e. The van der Waals surface area contributed by atoms with E-state index >= 15 is 0 Å². The van der Waals surface area contributed by atoms with Crippen LogP contribution in [0.15, 0.2) is 30.3 Å². The lowest BCUT2D eigenvalue weighted by molar-refractivity contribution is 0.191. The highest BCUT2D eigenvalue weighted by Crippen LogP contribution is 2.20. The van der Waals surface area contributed by atoms with Gasteiger partial charge >= 0.3 is 0 Å². The van der Waals surface area contributed by atoms with Gasteiger partial charge in [0, 0.05) is 12.1 Å². The third-order valence-corrected chi connectivity index (χ3v) is 4.06. The summed E-state index contributed by atoms with van der Waals surface area (Å²) in [5, 5.41) is 12.7. The zero-order chi connectivity index (χ0) is 14.2. The van der Waals surface area contributed by atoms with Gasteiger partial charge in [-0.2, -0.15) is 5.26 Å². The molecule has 0 aromatic heterocycles. The summed E-state index contributed by atoms with van der Waals surface area (Å²) in [6, 6.07) is 13.4. The predicted octanol–water partition coefficient (Wildman–Crippen LogP) is 3.11. The topological polar surface area (TPSA) is 39.1 Å². The van der Waals surface area contributed by atoms with Crippen LogP contribution in [0.3, 0.4) is 0 Å². The summed E-state index contributed by atoms with van der Waals surface area (Å²) in [4.78, 5) is 2.54. The van der Waals surface area contributed by atoms with Gasteiger partial charge in [-0.1, -0.05) is 37.3 Å². The number of benzene rings is 1. The number of rotatable bonds is 6. The minimum Gasteiger partial charge on any atom is -0.306 e. The fraction of sp³-hybridized carbons (Fsp3) is 0.588. The Hall–Kier alpha value is -1.37. The highest BCUT2D eigenvalue weighted by molar-refractivity contribution is 5.20. The van der Waals surface area contributed by atoms with Crippen molar-refractivity contribution in [1.29, 1.82) is 5.26 Å². The third kappa shape index (κ3) is 4.33. The first-order valence-corrected chi connectivity index (χ1v) is 7.73. The van der Waals surface area contributed by atoms with Crippen LogP contribution in [0, 0.1) is 11.3 Å². The second-order valence-electron chi connectivity index (χ2n) is 5.61. The second kappa shape index (κ2) is 8.04. The molecule has 0 amide bonds. The van der Waals surface area contributed by atoms with E-state index in [0.29, 0.717) is 12.5 Å². The maximum atomic E-state index is 9.04. The maximum Gasteiger partial charge on any atom is 0.0641 e. The summed E-state index contributed by atoms with van der Waals surface area (Å²) in [6.07, 6.45) is 4.15. The molecule has 0 saturated carbocycles. The van der Waals surface area contributed by atoms with Crippen molar-refractivity contribution in [3.63, 3.8) is 0 Å². The molecule has 2 rings (SSSR count). The van der Waals surface area contributed by atoms with E-state index in [0.717, 1.165) is 0 Å². The summed E-state index contributed by atoms with van der Waals surface area (Å²) in [7, 11) is 0. The van der Waals surface area contributed by atoms with Crippen LogP contribution >= 0.6 is 0 Å². The average molecular weight is 271 g/mol.